The van der Waals surface area contributed by atoms with E-state index < -0.39 is 5.97 Å². The van der Waals surface area contributed by atoms with Crippen molar-refractivity contribution in [3.63, 3.8) is 0 Å². The number of halogens is 1. The molecule has 0 saturated carbocycles. The van der Waals surface area contributed by atoms with Gasteiger partial charge in [-0.25, -0.2) is 4.79 Å². The summed E-state index contributed by atoms with van der Waals surface area (Å²) in [7, 11) is 0. The Hall–Kier alpha value is -1.75. The number of hydrogen-bond acceptors (Lipinski definition) is 2. The van der Waals surface area contributed by atoms with Crippen molar-refractivity contribution >= 4 is 24.3 Å². The van der Waals surface area contributed by atoms with Crippen LogP contribution in [0.25, 0.3) is 0 Å². The molecule has 0 amide bonds. The molecule has 0 spiro atoms. The van der Waals surface area contributed by atoms with Gasteiger partial charge < -0.3 is 16.6 Å². The van der Waals surface area contributed by atoms with Crippen molar-refractivity contribution in [3.8, 4) is 0 Å². The zero-order valence-electron chi connectivity index (χ0n) is 8.59. The van der Waals surface area contributed by atoms with E-state index in [2.05, 4.69) is 4.99 Å². The Labute approximate surface area is 99.6 Å². The van der Waals surface area contributed by atoms with Gasteiger partial charge in [0.15, 0.2) is 5.96 Å². The predicted molar refractivity (Wildman–Crippen MR) is 65.0 cm³/mol. The van der Waals surface area contributed by atoms with Gasteiger partial charge in [-0.05, 0) is 24.1 Å². The van der Waals surface area contributed by atoms with Gasteiger partial charge in [0, 0.05) is 6.54 Å². The van der Waals surface area contributed by atoms with Crippen LogP contribution in [-0.4, -0.2) is 23.6 Å². The molecule has 6 heteroatoms. The number of hydrogen-bond donors (Lipinski definition) is 3. The normalized spacial score (nSPS) is 9.00. The molecule has 88 valence electrons. The molecule has 0 aromatic heterocycles. The Morgan fingerprint density at radius 3 is 2.25 bits per heavy atom. The molecular weight excluding hydrogens is 230 g/mol. The summed E-state index contributed by atoms with van der Waals surface area (Å²) in [4.78, 5) is 14.4. The number of rotatable bonds is 4. The Morgan fingerprint density at radius 1 is 1.25 bits per heavy atom. The predicted octanol–water partition coefficient (Wildman–Crippen LogP) is 0.622. The highest BCUT2D eigenvalue weighted by Crippen LogP contribution is 2.05. The molecule has 0 aliphatic carbocycles. The summed E-state index contributed by atoms with van der Waals surface area (Å²) in [5.41, 5.74) is 11.6. The first-order valence-corrected chi connectivity index (χ1v) is 4.47. The third-order valence-electron chi connectivity index (χ3n) is 1.90. The number of benzene rings is 1. The van der Waals surface area contributed by atoms with Crippen LogP contribution in [0.3, 0.4) is 0 Å². The van der Waals surface area contributed by atoms with Crippen molar-refractivity contribution in [2.75, 3.05) is 6.54 Å². The van der Waals surface area contributed by atoms with Crippen molar-refractivity contribution in [2.45, 2.75) is 6.42 Å². The molecule has 0 heterocycles. The third kappa shape index (κ3) is 4.65. The van der Waals surface area contributed by atoms with Gasteiger partial charge in [-0.2, -0.15) is 0 Å². The van der Waals surface area contributed by atoms with Gasteiger partial charge >= 0.3 is 5.97 Å². The van der Waals surface area contributed by atoms with Crippen molar-refractivity contribution in [2.24, 2.45) is 16.5 Å². The van der Waals surface area contributed by atoms with Crippen LogP contribution in [0.1, 0.15) is 15.9 Å². The summed E-state index contributed by atoms with van der Waals surface area (Å²) in [6, 6.07) is 6.64. The number of nitrogens with zero attached hydrogens (tertiary/aromatic N) is 1. The van der Waals surface area contributed by atoms with Crippen LogP contribution >= 0.6 is 12.4 Å². The van der Waals surface area contributed by atoms with Crippen molar-refractivity contribution in [3.05, 3.63) is 35.4 Å². The number of carbonyl (C=O) groups is 1. The van der Waals surface area contributed by atoms with E-state index in [1.165, 1.54) is 0 Å². The molecule has 0 aliphatic heterocycles. The fourth-order valence-corrected chi connectivity index (χ4v) is 1.13. The first-order chi connectivity index (χ1) is 7.09. The zero-order valence-corrected chi connectivity index (χ0v) is 9.41. The maximum atomic E-state index is 10.6. The molecule has 5 nitrogen and oxygen atoms in total. The van der Waals surface area contributed by atoms with Crippen molar-refractivity contribution in [1.29, 1.82) is 0 Å². The molecule has 1 aromatic rings. The summed E-state index contributed by atoms with van der Waals surface area (Å²) >= 11 is 0. The average Bonchev–Trinajstić information content (AvgIpc) is 2.18. The Balaban J connectivity index is 0.00000225. The molecule has 0 unspecified atom stereocenters. The van der Waals surface area contributed by atoms with E-state index in [4.69, 9.17) is 16.6 Å². The van der Waals surface area contributed by atoms with E-state index in [-0.39, 0.29) is 23.9 Å². The van der Waals surface area contributed by atoms with Crippen LogP contribution in [0.2, 0.25) is 0 Å². The Bertz CT molecular complexity index is 372. The van der Waals surface area contributed by atoms with Gasteiger partial charge in [0.1, 0.15) is 0 Å². The lowest BCUT2D eigenvalue weighted by molar-refractivity contribution is 0.0697. The molecule has 0 radical (unpaired) electrons. The fraction of sp³-hybridized carbons (Fsp3) is 0.200. The highest BCUT2D eigenvalue weighted by molar-refractivity contribution is 5.87. The number of nitrogens with two attached hydrogens (primary N) is 2. The third-order valence-corrected chi connectivity index (χ3v) is 1.90. The van der Waals surface area contributed by atoms with Gasteiger partial charge in [0.2, 0.25) is 0 Å². The molecule has 5 N–H and O–H groups in total. The second kappa shape index (κ2) is 6.68. The molecule has 0 aliphatic rings. The second-order valence-corrected chi connectivity index (χ2v) is 3.06. The number of guanidine groups is 1. The van der Waals surface area contributed by atoms with Crippen LogP contribution in [0, 0.1) is 0 Å². The van der Waals surface area contributed by atoms with E-state index in [1.54, 1.807) is 24.3 Å². The topological polar surface area (TPSA) is 102 Å². The van der Waals surface area contributed by atoms with Crippen molar-refractivity contribution in [1.82, 2.24) is 0 Å². The van der Waals surface area contributed by atoms with Crippen LogP contribution in [-0.2, 0) is 6.42 Å². The Morgan fingerprint density at radius 2 is 1.81 bits per heavy atom. The lowest BCUT2D eigenvalue weighted by Crippen LogP contribution is -2.23. The number of aromatic carboxylic acids is 1. The summed E-state index contributed by atoms with van der Waals surface area (Å²) in [5, 5.41) is 8.67. The van der Waals surface area contributed by atoms with E-state index in [9.17, 15) is 4.79 Å². The quantitative estimate of drug-likeness (QED) is 0.533. The van der Waals surface area contributed by atoms with Gasteiger partial charge in [0.05, 0.1) is 5.56 Å². The van der Waals surface area contributed by atoms with Crippen LogP contribution in [0.5, 0.6) is 0 Å². The monoisotopic (exact) mass is 243 g/mol. The summed E-state index contributed by atoms with van der Waals surface area (Å²) in [6.07, 6.45) is 0.692. The van der Waals surface area contributed by atoms with Crippen LogP contribution in [0.15, 0.2) is 29.3 Å². The lowest BCUT2D eigenvalue weighted by atomic mass is 10.1. The van der Waals surface area contributed by atoms with Crippen LogP contribution < -0.4 is 11.5 Å². The lowest BCUT2D eigenvalue weighted by Gasteiger charge is -1.99. The fourth-order valence-electron chi connectivity index (χ4n) is 1.13. The zero-order chi connectivity index (χ0) is 11.3. The minimum atomic E-state index is -0.925. The molecule has 0 bridgehead atoms. The van der Waals surface area contributed by atoms with Crippen molar-refractivity contribution < 1.29 is 9.90 Å². The molecule has 0 fully saturated rings. The minimum absolute atomic E-state index is 0. The SMILES string of the molecule is Cl.NC(N)=NCCc1ccc(C(=O)O)cc1. The van der Waals surface area contributed by atoms with E-state index in [0.29, 0.717) is 13.0 Å². The Kier molecular flexibility index (Phi) is 5.95. The number of aliphatic imine (C=N–C) groups is 1. The minimum Gasteiger partial charge on any atom is -0.478 e. The standard InChI is InChI=1S/C10H13N3O2.ClH/c11-10(12)13-6-5-7-1-3-8(4-2-7)9(14)15;/h1-4H,5-6H2,(H,14,15)(H4,11,12,13);1H. The molecule has 1 rings (SSSR count). The maximum Gasteiger partial charge on any atom is 0.335 e. The second-order valence-electron chi connectivity index (χ2n) is 3.06. The van der Waals surface area contributed by atoms with Crippen LogP contribution in [0.4, 0.5) is 0 Å². The first-order valence-electron chi connectivity index (χ1n) is 4.47. The summed E-state index contributed by atoms with van der Waals surface area (Å²) < 4.78 is 0. The summed E-state index contributed by atoms with van der Waals surface area (Å²) in [5.74, 6) is -0.858. The molecule has 0 saturated heterocycles. The number of carboxylic acids is 1. The van der Waals surface area contributed by atoms with E-state index >= 15 is 0 Å². The highest BCUT2D eigenvalue weighted by atomic mass is 35.5. The molecular formula is C10H14ClN3O2. The van der Waals surface area contributed by atoms with E-state index in [0.717, 1.165) is 5.56 Å². The smallest absolute Gasteiger partial charge is 0.335 e. The molecule has 0 atom stereocenters. The molecule has 16 heavy (non-hydrogen) atoms. The van der Waals surface area contributed by atoms with Gasteiger partial charge in [-0.15, -0.1) is 12.4 Å². The number of carboxylic acid groups (broad SMARTS) is 1. The highest BCUT2D eigenvalue weighted by Gasteiger charge is 2.00. The molecule has 1 aromatic carbocycles. The van der Waals surface area contributed by atoms with Gasteiger partial charge in [-0.3, -0.25) is 4.99 Å². The van der Waals surface area contributed by atoms with Gasteiger partial charge in [-0.1, -0.05) is 12.1 Å². The first kappa shape index (κ1) is 14.2. The summed E-state index contributed by atoms with van der Waals surface area (Å²) in [6.45, 7) is 0.509. The average molecular weight is 244 g/mol. The largest absolute Gasteiger partial charge is 0.478 e. The maximum absolute atomic E-state index is 10.6. The van der Waals surface area contributed by atoms with Gasteiger partial charge in [0.25, 0.3) is 0 Å². The van der Waals surface area contributed by atoms with E-state index in [1.807, 2.05) is 0 Å².